The number of carboxylic acids is 1. The molecule has 1 amide bonds. The smallest absolute Gasteiger partial charge is 0.335 e. The van der Waals surface area contributed by atoms with Crippen molar-refractivity contribution in [1.82, 2.24) is 5.32 Å². The number of halogens is 1. The molecule has 17 heavy (non-hydrogen) atoms. The SMILES string of the molecule is COC1(NC(C)=O)CC=C(C(=O)O)C=C1OCl. The molecule has 7 heteroatoms. The van der Waals surface area contributed by atoms with Gasteiger partial charge in [0.15, 0.2) is 5.76 Å². The van der Waals surface area contributed by atoms with E-state index < -0.39 is 11.7 Å². The van der Waals surface area contributed by atoms with E-state index in [0.29, 0.717) is 0 Å². The summed E-state index contributed by atoms with van der Waals surface area (Å²) in [7, 11) is 1.36. The molecule has 1 aliphatic rings. The standard InChI is InChI=1S/C10H12ClNO5/c1-6(13)12-10(16-2)4-3-7(9(14)15)5-8(10)17-11/h3,5H,4H2,1-2H3,(H,12,13)(H,14,15). The molecule has 0 radical (unpaired) electrons. The third kappa shape index (κ3) is 2.78. The Morgan fingerprint density at radius 1 is 1.59 bits per heavy atom. The first-order valence-electron chi connectivity index (χ1n) is 4.73. The molecule has 0 aliphatic heterocycles. The van der Waals surface area contributed by atoms with Gasteiger partial charge in [-0.3, -0.25) is 4.79 Å². The predicted molar refractivity (Wildman–Crippen MR) is 58.9 cm³/mol. The number of carboxylic acid groups (broad SMARTS) is 1. The Morgan fingerprint density at radius 3 is 2.65 bits per heavy atom. The van der Waals surface area contributed by atoms with Gasteiger partial charge in [0.1, 0.15) is 11.9 Å². The molecule has 0 aromatic rings. The highest BCUT2D eigenvalue weighted by atomic mass is 35.5. The molecule has 0 aromatic carbocycles. The van der Waals surface area contributed by atoms with Gasteiger partial charge in [-0.05, 0) is 6.08 Å². The summed E-state index contributed by atoms with van der Waals surface area (Å²) < 4.78 is 9.74. The van der Waals surface area contributed by atoms with Crippen molar-refractivity contribution >= 4 is 23.7 Å². The van der Waals surface area contributed by atoms with E-state index in [1.54, 1.807) is 0 Å². The van der Waals surface area contributed by atoms with Crippen LogP contribution < -0.4 is 5.32 Å². The van der Waals surface area contributed by atoms with Crippen LogP contribution in [-0.4, -0.2) is 29.8 Å². The quantitative estimate of drug-likeness (QED) is 0.736. The third-order valence-electron chi connectivity index (χ3n) is 2.35. The number of rotatable bonds is 4. The van der Waals surface area contributed by atoms with Crippen LogP contribution >= 0.6 is 11.9 Å². The summed E-state index contributed by atoms with van der Waals surface area (Å²) in [4.78, 5) is 21.9. The van der Waals surface area contributed by atoms with Crippen LogP contribution in [0.1, 0.15) is 13.3 Å². The van der Waals surface area contributed by atoms with Gasteiger partial charge in [0.25, 0.3) is 0 Å². The molecular weight excluding hydrogens is 250 g/mol. The maximum atomic E-state index is 11.1. The third-order valence-corrected chi connectivity index (χ3v) is 2.52. The van der Waals surface area contributed by atoms with Crippen molar-refractivity contribution in [2.75, 3.05) is 7.11 Å². The Labute approximate surface area is 103 Å². The minimum atomic E-state index is -1.26. The number of carbonyl (C=O) groups is 2. The number of ether oxygens (including phenoxy) is 1. The number of hydrogen-bond acceptors (Lipinski definition) is 4. The van der Waals surface area contributed by atoms with Gasteiger partial charge in [-0.1, -0.05) is 6.08 Å². The maximum absolute atomic E-state index is 11.1. The van der Waals surface area contributed by atoms with E-state index in [0.717, 1.165) is 0 Å². The van der Waals surface area contributed by atoms with Crippen LogP contribution in [0.2, 0.25) is 0 Å². The van der Waals surface area contributed by atoms with Crippen molar-refractivity contribution in [2.24, 2.45) is 0 Å². The highest BCUT2D eigenvalue weighted by Gasteiger charge is 2.39. The molecule has 1 atom stereocenters. The molecule has 0 spiro atoms. The summed E-state index contributed by atoms with van der Waals surface area (Å²) in [6, 6.07) is 0. The molecule has 0 heterocycles. The van der Waals surface area contributed by atoms with Gasteiger partial charge in [-0.25, -0.2) is 4.79 Å². The molecule has 1 aliphatic carbocycles. The van der Waals surface area contributed by atoms with Crippen LogP contribution in [-0.2, 0) is 18.6 Å². The lowest BCUT2D eigenvalue weighted by molar-refractivity contribution is -0.132. The first kappa shape index (κ1) is 13.5. The zero-order chi connectivity index (χ0) is 13.1. The number of hydrogen-bond donors (Lipinski definition) is 2. The van der Waals surface area contributed by atoms with Crippen molar-refractivity contribution in [3.63, 3.8) is 0 Å². The summed E-state index contributed by atoms with van der Waals surface area (Å²) in [6.45, 7) is 1.31. The van der Waals surface area contributed by atoms with Gasteiger partial charge in [0, 0.05) is 20.5 Å². The Hall–Kier alpha value is -1.53. The molecule has 0 saturated carbocycles. The van der Waals surface area contributed by atoms with Crippen LogP contribution in [0.4, 0.5) is 0 Å². The van der Waals surface area contributed by atoms with E-state index in [1.165, 1.54) is 26.2 Å². The number of nitrogens with one attached hydrogen (secondary N) is 1. The summed E-state index contributed by atoms with van der Waals surface area (Å²) in [5.74, 6) is -1.43. The summed E-state index contributed by atoms with van der Waals surface area (Å²) in [6.07, 6.45) is 2.74. The van der Waals surface area contributed by atoms with E-state index in [-0.39, 0.29) is 23.7 Å². The Morgan fingerprint density at radius 2 is 2.24 bits per heavy atom. The molecule has 2 N–H and O–H groups in total. The molecule has 94 valence electrons. The fraction of sp³-hybridized carbons (Fsp3) is 0.400. The summed E-state index contributed by atoms with van der Waals surface area (Å²) >= 11 is 5.28. The van der Waals surface area contributed by atoms with Gasteiger partial charge in [0.2, 0.25) is 11.6 Å². The van der Waals surface area contributed by atoms with Crippen molar-refractivity contribution in [1.29, 1.82) is 0 Å². The zero-order valence-corrected chi connectivity index (χ0v) is 10.1. The lowest BCUT2D eigenvalue weighted by Gasteiger charge is -2.34. The Balaban J connectivity index is 3.08. The highest BCUT2D eigenvalue weighted by molar-refractivity contribution is 6.08. The van der Waals surface area contributed by atoms with Crippen LogP contribution in [0.15, 0.2) is 23.5 Å². The molecule has 0 saturated heterocycles. The summed E-state index contributed by atoms with van der Waals surface area (Å²) in [5.41, 5.74) is -1.23. The minimum Gasteiger partial charge on any atom is -0.478 e. The topological polar surface area (TPSA) is 84.9 Å². The van der Waals surface area contributed by atoms with Crippen LogP contribution in [0.3, 0.4) is 0 Å². The second-order valence-corrected chi connectivity index (χ2v) is 3.62. The minimum absolute atomic E-state index is 0.0248. The Bertz CT molecular complexity index is 404. The molecule has 1 rings (SSSR count). The lowest BCUT2D eigenvalue weighted by atomic mass is 9.97. The predicted octanol–water partition coefficient (Wildman–Crippen LogP) is 0.934. The van der Waals surface area contributed by atoms with Crippen LogP contribution in [0.5, 0.6) is 0 Å². The molecule has 1 unspecified atom stereocenters. The monoisotopic (exact) mass is 261 g/mol. The summed E-state index contributed by atoms with van der Waals surface area (Å²) in [5, 5.41) is 11.4. The van der Waals surface area contributed by atoms with E-state index in [9.17, 15) is 9.59 Å². The Kier molecular flexibility index (Phi) is 4.14. The van der Waals surface area contributed by atoms with Crippen LogP contribution in [0, 0.1) is 0 Å². The highest BCUT2D eigenvalue weighted by Crippen LogP contribution is 2.31. The van der Waals surface area contributed by atoms with E-state index in [2.05, 4.69) is 9.61 Å². The number of aliphatic carboxylic acids is 1. The first-order chi connectivity index (χ1) is 7.95. The van der Waals surface area contributed by atoms with E-state index >= 15 is 0 Å². The molecule has 0 fully saturated rings. The molecular formula is C10H12ClNO5. The average Bonchev–Trinajstić information content (AvgIpc) is 2.28. The van der Waals surface area contributed by atoms with E-state index in [1.807, 2.05) is 0 Å². The maximum Gasteiger partial charge on any atom is 0.335 e. The fourth-order valence-electron chi connectivity index (χ4n) is 1.54. The van der Waals surface area contributed by atoms with Crippen molar-refractivity contribution in [3.8, 4) is 0 Å². The van der Waals surface area contributed by atoms with Gasteiger partial charge < -0.3 is 19.4 Å². The van der Waals surface area contributed by atoms with Crippen LogP contribution in [0.25, 0.3) is 0 Å². The number of amides is 1. The van der Waals surface area contributed by atoms with E-state index in [4.69, 9.17) is 21.7 Å². The van der Waals surface area contributed by atoms with Crippen molar-refractivity contribution < 1.29 is 23.7 Å². The molecule has 0 bridgehead atoms. The largest absolute Gasteiger partial charge is 0.478 e. The first-order valence-corrected chi connectivity index (χ1v) is 5.04. The van der Waals surface area contributed by atoms with Gasteiger partial charge in [-0.2, -0.15) is 0 Å². The average molecular weight is 262 g/mol. The zero-order valence-electron chi connectivity index (χ0n) is 9.32. The fourth-order valence-corrected chi connectivity index (χ4v) is 1.71. The lowest BCUT2D eigenvalue weighted by Crippen LogP contribution is -2.51. The molecule has 0 aromatic heterocycles. The van der Waals surface area contributed by atoms with Crippen molar-refractivity contribution in [3.05, 3.63) is 23.5 Å². The second kappa shape index (κ2) is 5.20. The van der Waals surface area contributed by atoms with Crippen molar-refractivity contribution in [2.45, 2.75) is 19.1 Å². The molecule has 6 nitrogen and oxygen atoms in total. The second-order valence-electron chi connectivity index (χ2n) is 3.47. The van der Waals surface area contributed by atoms with Gasteiger partial charge in [-0.15, -0.1) is 0 Å². The normalized spacial score (nSPS) is 23.5. The number of methoxy groups -OCH3 is 1. The number of carbonyl (C=O) groups excluding carboxylic acids is 1. The van der Waals surface area contributed by atoms with Gasteiger partial charge in [0.05, 0.1) is 5.57 Å². The van der Waals surface area contributed by atoms with Gasteiger partial charge >= 0.3 is 5.97 Å².